The molecule has 5 heteroatoms. The van der Waals surface area contributed by atoms with E-state index in [0.29, 0.717) is 23.5 Å². The lowest BCUT2D eigenvalue weighted by Crippen LogP contribution is -2.33. The summed E-state index contributed by atoms with van der Waals surface area (Å²) in [6.07, 6.45) is 16.3. The van der Waals surface area contributed by atoms with Crippen molar-refractivity contribution < 1.29 is 24.2 Å². The van der Waals surface area contributed by atoms with Gasteiger partial charge in [-0.3, -0.25) is 4.79 Å². The van der Waals surface area contributed by atoms with E-state index < -0.39 is 11.4 Å². The van der Waals surface area contributed by atoms with Crippen LogP contribution in [0.1, 0.15) is 109 Å². The van der Waals surface area contributed by atoms with Crippen molar-refractivity contribution in [2.24, 2.45) is 11.3 Å². The molecule has 0 saturated carbocycles. The Balaban J connectivity index is 1.85. The van der Waals surface area contributed by atoms with Crippen LogP contribution in [0.5, 0.6) is 5.75 Å². The van der Waals surface area contributed by atoms with Crippen molar-refractivity contribution in [2.45, 2.75) is 98.8 Å². The van der Waals surface area contributed by atoms with Gasteiger partial charge in [0.15, 0.2) is 5.78 Å². The number of hydrogen-bond acceptors (Lipinski definition) is 4. The number of ketones is 1. The van der Waals surface area contributed by atoms with Gasteiger partial charge in [0.25, 0.3) is 0 Å². The number of hydrogen-bond donors (Lipinski definition) is 1. The summed E-state index contributed by atoms with van der Waals surface area (Å²) in [5, 5.41) is 9.71. The highest BCUT2D eigenvalue weighted by Crippen LogP contribution is 2.48. The van der Waals surface area contributed by atoms with Crippen LogP contribution in [-0.2, 0) is 9.53 Å². The summed E-state index contributed by atoms with van der Waals surface area (Å²) in [6, 6.07) is 7.27. The van der Waals surface area contributed by atoms with E-state index in [1.165, 1.54) is 57.8 Å². The van der Waals surface area contributed by atoms with E-state index in [2.05, 4.69) is 6.92 Å². The molecule has 0 aromatic heterocycles. The Hall–Kier alpha value is -2.82. The zero-order valence-electron chi connectivity index (χ0n) is 24.4. The Morgan fingerprint density at radius 1 is 0.921 bits per heavy atom. The molecule has 38 heavy (non-hydrogen) atoms. The molecule has 0 bridgehead atoms. The molecule has 1 unspecified atom stereocenters. The molecule has 1 aromatic carbocycles. The molecule has 1 N–H and O–H groups in total. The van der Waals surface area contributed by atoms with Crippen LogP contribution in [0.15, 0.2) is 58.9 Å². The van der Waals surface area contributed by atoms with Gasteiger partial charge in [0.2, 0.25) is 0 Å². The maximum Gasteiger partial charge on any atom is 0.336 e. The highest BCUT2D eigenvalue weighted by atomic mass is 16.5. The van der Waals surface area contributed by atoms with Crippen LogP contribution in [-0.4, -0.2) is 30.6 Å². The maximum atomic E-state index is 12.9. The molecule has 0 spiro atoms. The molecule has 5 nitrogen and oxygen atoms in total. The molecule has 0 fully saturated rings. The molecule has 1 atom stereocenters. The molecule has 1 aromatic rings. The van der Waals surface area contributed by atoms with Gasteiger partial charge in [-0.15, -0.1) is 0 Å². The Morgan fingerprint density at radius 2 is 1.47 bits per heavy atom. The maximum absolute atomic E-state index is 12.9. The molecule has 2 rings (SSSR count). The number of aliphatic carboxylic acids is 1. The summed E-state index contributed by atoms with van der Waals surface area (Å²) < 4.78 is 11.5. The van der Waals surface area contributed by atoms with Gasteiger partial charge >= 0.3 is 5.97 Å². The summed E-state index contributed by atoms with van der Waals surface area (Å²) in [5.74, 6) is 0.0375. The zero-order chi connectivity index (χ0) is 28.1. The first-order valence-electron chi connectivity index (χ1n) is 14.3. The third-order valence-electron chi connectivity index (χ3n) is 7.93. The number of carbonyl (C=O) groups is 2. The van der Waals surface area contributed by atoms with E-state index in [-0.39, 0.29) is 17.3 Å². The summed E-state index contributed by atoms with van der Waals surface area (Å²) in [4.78, 5) is 24.8. The molecular weight excluding hydrogens is 476 g/mol. The first-order valence-corrected chi connectivity index (χ1v) is 14.3. The molecule has 0 heterocycles. The van der Waals surface area contributed by atoms with Gasteiger partial charge in [-0.2, -0.15) is 0 Å². The molecule has 0 amide bonds. The van der Waals surface area contributed by atoms with Crippen molar-refractivity contribution in [1.29, 1.82) is 0 Å². The predicted octanol–water partition coefficient (Wildman–Crippen LogP) is 8.70. The summed E-state index contributed by atoms with van der Waals surface area (Å²) in [5.41, 5.74) is 1.73. The fraction of sp³-hybridized carbons (Fsp3) is 0.576. The monoisotopic (exact) mass is 524 g/mol. The Morgan fingerprint density at radius 3 is 2.00 bits per heavy atom. The Labute approximate surface area is 230 Å². The largest absolute Gasteiger partial charge is 0.500 e. The van der Waals surface area contributed by atoms with Crippen LogP contribution in [0.4, 0.5) is 0 Å². The summed E-state index contributed by atoms with van der Waals surface area (Å²) in [6.45, 7) is 10.5. The van der Waals surface area contributed by atoms with Gasteiger partial charge < -0.3 is 14.6 Å². The van der Waals surface area contributed by atoms with E-state index >= 15 is 0 Å². The van der Waals surface area contributed by atoms with Crippen molar-refractivity contribution in [2.75, 3.05) is 13.7 Å². The van der Waals surface area contributed by atoms with Crippen molar-refractivity contribution in [3.8, 4) is 5.75 Å². The average molecular weight is 525 g/mol. The van der Waals surface area contributed by atoms with Crippen molar-refractivity contribution in [3.63, 3.8) is 0 Å². The second-order valence-corrected chi connectivity index (χ2v) is 11.0. The quantitative estimate of drug-likeness (QED) is 0.125. The smallest absolute Gasteiger partial charge is 0.336 e. The van der Waals surface area contributed by atoms with Gasteiger partial charge in [0.05, 0.1) is 19.3 Å². The number of allylic oxidation sites excluding steroid dienone is 3. The second kappa shape index (κ2) is 15.6. The lowest BCUT2D eigenvalue weighted by molar-refractivity contribution is -0.132. The number of methoxy groups -OCH3 is 1. The van der Waals surface area contributed by atoms with Gasteiger partial charge in [0, 0.05) is 17.1 Å². The van der Waals surface area contributed by atoms with Crippen molar-refractivity contribution in [1.82, 2.24) is 0 Å². The van der Waals surface area contributed by atoms with E-state index in [0.717, 1.165) is 17.7 Å². The molecular formula is C33H48O5. The number of carboxylic acids is 1. The standard InChI is InChI=1S/C33H48O5/c1-7-8-9-10-11-12-13-14-15-16-23-38-27-19-17-26(18-20-27)29(34)22-21-28-31(37-6)24(2)30(32(35)36)25(3)33(28,4)5/h17-22,28H,7-16,23H2,1-6H3,(H,35,36). The normalized spacial score (nSPS) is 17.3. The fourth-order valence-corrected chi connectivity index (χ4v) is 5.22. The molecule has 210 valence electrons. The van der Waals surface area contributed by atoms with Crippen LogP contribution in [0, 0.1) is 11.3 Å². The number of carboxylic acid groups (broad SMARTS) is 1. The summed E-state index contributed by atoms with van der Waals surface area (Å²) in [7, 11) is 1.55. The fourth-order valence-electron chi connectivity index (χ4n) is 5.22. The lowest BCUT2D eigenvalue weighted by atomic mass is 9.66. The van der Waals surface area contributed by atoms with Gasteiger partial charge in [0.1, 0.15) is 11.5 Å². The van der Waals surface area contributed by atoms with Gasteiger partial charge in [-0.25, -0.2) is 4.79 Å². The van der Waals surface area contributed by atoms with Crippen LogP contribution in [0.3, 0.4) is 0 Å². The molecule has 0 radical (unpaired) electrons. The van der Waals surface area contributed by atoms with Crippen LogP contribution in [0.25, 0.3) is 0 Å². The third-order valence-corrected chi connectivity index (χ3v) is 7.93. The lowest BCUT2D eigenvalue weighted by Gasteiger charge is -2.40. The van der Waals surface area contributed by atoms with E-state index in [1.807, 2.05) is 39.0 Å². The average Bonchev–Trinajstić information content (AvgIpc) is 2.88. The third kappa shape index (κ3) is 8.61. The molecule has 1 aliphatic rings. The number of benzene rings is 1. The van der Waals surface area contributed by atoms with E-state index in [1.54, 1.807) is 32.2 Å². The minimum absolute atomic E-state index is 0.110. The highest BCUT2D eigenvalue weighted by Gasteiger charge is 2.41. The highest BCUT2D eigenvalue weighted by molar-refractivity contribution is 6.04. The topological polar surface area (TPSA) is 72.8 Å². The molecule has 0 aliphatic heterocycles. The van der Waals surface area contributed by atoms with E-state index in [9.17, 15) is 14.7 Å². The number of rotatable bonds is 17. The minimum atomic E-state index is -0.961. The Kier molecular flexibility index (Phi) is 12.9. The second-order valence-electron chi connectivity index (χ2n) is 11.0. The first-order chi connectivity index (χ1) is 18.1. The van der Waals surface area contributed by atoms with E-state index in [4.69, 9.17) is 9.47 Å². The number of unbranched alkanes of at least 4 members (excludes halogenated alkanes) is 9. The van der Waals surface area contributed by atoms with Crippen LogP contribution in [0.2, 0.25) is 0 Å². The number of carbonyl (C=O) groups excluding carboxylic acids is 1. The summed E-state index contributed by atoms with van der Waals surface area (Å²) >= 11 is 0. The predicted molar refractivity (Wildman–Crippen MR) is 155 cm³/mol. The first kappa shape index (κ1) is 31.4. The molecule has 1 aliphatic carbocycles. The van der Waals surface area contributed by atoms with Crippen molar-refractivity contribution in [3.05, 3.63) is 64.5 Å². The van der Waals surface area contributed by atoms with Crippen LogP contribution < -0.4 is 4.74 Å². The number of ether oxygens (including phenoxy) is 2. The SMILES string of the molecule is CCCCCCCCCCCCOc1ccc(C(=O)C=CC2C(OC)=C(C)C(C(=O)O)=C(C)C2(C)C)cc1. The van der Waals surface area contributed by atoms with Crippen molar-refractivity contribution >= 4 is 11.8 Å². The Bertz CT molecular complexity index is 1010. The zero-order valence-corrected chi connectivity index (χ0v) is 24.4. The van der Waals surface area contributed by atoms with Gasteiger partial charge in [-0.1, -0.05) is 90.2 Å². The minimum Gasteiger partial charge on any atom is -0.500 e. The van der Waals surface area contributed by atoms with Gasteiger partial charge in [-0.05, 0) is 56.0 Å². The van der Waals surface area contributed by atoms with Crippen LogP contribution >= 0.6 is 0 Å². The molecule has 0 saturated heterocycles.